The fraction of sp³-hybridized carbons (Fsp3) is 0.417. The minimum atomic E-state index is -3.41. The Labute approximate surface area is 112 Å². The highest BCUT2D eigenvalue weighted by Crippen LogP contribution is 2.22. The van der Waals surface area contributed by atoms with Gasteiger partial charge in [0.05, 0.1) is 11.4 Å². The largest absolute Gasteiger partial charge is 0.269 e. The van der Waals surface area contributed by atoms with Crippen LogP contribution in [0.4, 0.5) is 0 Å². The lowest BCUT2D eigenvalue weighted by molar-refractivity contribution is 0.529. The predicted octanol–water partition coefficient (Wildman–Crippen LogP) is 1.63. The van der Waals surface area contributed by atoms with E-state index in [0.717, 1.165) is 17.5 Å². The van der Waals surface area contributed by atoms with Gasteiger partial charge in [-0.25, -0.2) is 18.4 Å². The molecule has 2 heterocycles. The van der Waals surface area contributed by atoms with Crippen LogP contribution in [0.5, 0.6) is 0 Å². The fourth-order valence-electron chi connectivity index (χ4n) is 1.67. The van der Waals surface area contributed by atoms with Gasteiger partial charge >= 0.3 is 0 Å². The third-order valence-electron chi connectivity index (χ3n) is 2.69. The van der Waals surface area contributed by atoms with Gasteiger partial charge in [-0.3, -0.25) is 4.68 Å². The molecular weight excluding hydrogens is 264 g/mol. The lowest BCUT2D eigenvalue weighted by Crippen LogP contribution is -2.04. The van der Waals surface area contributed by atoms with Crippen molar-refractivity contribution in [3.63, 3.8) is 0 Å². The maximum Gasteiger partial charge on any atom is 0.247 e. The summed E-state index contributed by atoms with van der Waals surface area (Å²) in [5.74, 6) is 0. The maximum absolute atomic E-state index is 11.5. The first kappa shape index (κ1) is 13.7. The fourth-order valence-corrected chi connectivity index (χ4v) is 2.18. The summed E-state index contributed by atoms with van der Waals surface area (Å²) in [6, 6.07) is 1.92. The first-order valence-corrected chi connectivity index (χ1v) is 7.77. The minimum absolute atomic E-state index is 0.165. The van der Waals surface area contributed by atoms with Crippen LogP contribution < -0.4 is 0 Å². The quantitative estimate of drug-likeness (QED) is 0.799. The second kappa shape index (κ2) is 4.73. The SMILES string of the molecule is Cc1nn(C(C)C)cc1-c1ccnc(S(C)(=O)=O)n1. The summed E-state index contributed by atoms with van der Waals surface area (Å²) in [5.41, 5.74) is 2.20. The molecule has 0 spiro atoms. The molecule has 0 unspecified atom stereocenters. The smallest absolute Gasteiger partial charge is 0.247 e. The molecule has 0 N–H and O–H groups in total. The van der Waals surface area contributed by atoms with Gasteiger partial charge in [0.2, 0.25) is 15.0 Å². The lowest BCUT2D eigenvalue weighted by atomic mass is 10.2. The molecule has 0 saturated heterocycles. The van der Waals surface area contributed by atoms with E-state index in [9.17, 15) is 8.42 Å². The standard InChI is InChI=1S/C12H16N4O2S/c1-8(2)16-7-10(9(3)15-16)11-5-6-13-12(14-11)19(4,17)18/h5-8H,1-4H3. The van der Waals surface area contributed by atoms with Crippen molar-refractivity contribution in [3.8, 4) is 11.3 Å². The molecule has 0 aromatic carbocycles. The van der Waals surface area contributed by atoms with Gasteiger partial charge in [-0.05, 0) is 26.8 Å². The summed E-state index contributed by atoms with van der Waals surface area (Å²) in [6.45, 7) is 5.92. The number of hydrogen-bond acceptors (Lipinski definition) is 5. The Morgan fingerprint density at radius 2 is 2.00 bits per heavy atom. The summed E-state index contributed by atoms with van der Waals surface area (Å²) in [6.07, 6.45) is 4.41. The molecule has 2 aromatic rings. The summed E-state index contributed by atoms with van der Waals surface area (Å²) >= 11 is 0. The van der Waals surface area contributed by atoms with Crippen molar-refractivity contribution in [2.24, 2.45) is 0 Å². The monoisotopic (exact) mass is 280 g/mol. The topological polar surface area (TPSA) is 77.7 Å². The average molecular weight is 280 g/mol. The van der Waals surface area contributed by atoms with Crippen LogP contribution in [-0.2, 0) is 9.84 Å². The third-order valence-corrected chi connectivity index (χ3v) is 3.55. The molecule has 2 aromatic heterocycles. The van der Waals surface area contributed by atoms with Gasteiger partial charge in [-0.15, -0.1) is 0 Å². The molecule has 19 heavy (non-hydrogen) atoms. The zero-order chi connectivity index (χ0) is 14.2. The number of rotatable bonds is 3. The van der Waals surface area contributed by atoms with Crippen molar-refractivity contribution >= 4 is 9.84 Å². The number of aryl methyl sites for hydroxylation is 1. The van der Waals surface area contributed by atoms with Crippen molar-refractivity contribution in [1.29, 1.82) is 0 Å². The molecule has 0 aliphatic carbocycles. The average Bonchev–Trinajstić information content (AvgIpc) is 2.71. The van der Waals surface area contributed by atoms with Crippen molar-refractivity contribution < 1.29 is 8.42 Å². The predicted molar refractivity (Wildman–Crippen MR) is 71.5 cm³/mol. The van der Waals surface area contributed by atoms with Crippen molar-refractivity contribution in [2.75, 3.05) is 6.26 Å². The van der Waals surface area contributed by atoms with Crippen LogP contribution in [-0.4, -0.2) is 34.4 Å². The zero-order valence-corrected chi connectivity index (χ0v) is 12.1. The van der Waals surface area contributed by atoms with E-state index in [-0.39, 0.29) is 11.2 Å². The van der Waals surface area contributed by atoms with Gasteiger partial charge in [-0.1, -0.05) is 0 Å². The molecule has 0 bridgehead atoms. The maximum atomic E-state index is 11.5. The summed E-state index contributed by atoms with van der Waals surface area (Å²) in [7, 11) is -3.41. The summed E-state index contributed by atoms with van der Waals surface area (Å²) < 4.78 is 24.8. The normalized spacial score (nSPS) is 12.1. The lowest BCUT2D eigenvalue weighted by Gasteiger charge is -2.03. The van der Waals surface area contributed by atoms with E-state index < -0.39 is 9.84 Å². The first-order chi connectivity index (χ1) is 8.79. The third kappa shape index (κ3) is 2.81. The van der Waals surface area contributed by atoms with E-state index in [2.05, 4.69) is 15.1 Å². The number of hydrogen-bond donors (Lipinski definition) is 0. The van der Waals surface area contributed by atoms with Gasteiger partial charge in [-0.2, -0.15) is 5.10 Å². The summed E-state index contributed by atoms with van der Waals surface area (Å²) in [4.78, 5) is 7.88. The Morgan fingerprint density at radius 3 is 2.53 bits per heavy atom. The molecule has 7 heteroatoms. The van der Waals surface area contributed by atoms with Crippen LogP contribution in [0.2, 0.25) is 0 Å². The Hall–Kier alpha value is -1.76. The molecule has 0 aliphatic heterocycles. The van der Waals surface area contributed by atoms with Crippen LogP contribution in [0.25, 0.3) is 11.3 Å². The van der Waals surface area contributed by atoms with E-state index in [1.807, 2.05) is 31.6 Å². The van der Waals surface area contributed by atoms with E-state index in [1.165, 1.54) is 6.20 Å². The zero-order valence-electron chi connectivity index (χ0n) is 11.3. The van der Waals surface area contributed by atoms with Gasteiger partial charge in [0.1, 0.15) is 0 Å². The van der Waals surface area contributed by atoms with Crippen molar-refractivity contribution in [2.45, 2.75) is 32.0 Å². The molecule has 0 radical (unpaired) electrons. The molecule has 0 saturated carbocycles. The van der Waals surface area contributed by atoms with E-state index in [4.69, 9.17) is 0 Å². The number of sulfone groups is 1. The Balaban J connectivity index is 2.54. The number of nitrogens with zero attached hydrogens (tertiary/aromatic N) is 4. The Bertz CT molecular complexity index is 704. The second-order valence-corrected chi connectivity index (χ2v) is 6.61. The van der Waals surface area contributed by atoms with Crippen LogP contribution in [0, 0.1) is 6.92 Å². The first-order valence-electron chi connectivity index (χ1n) is 5.88. The van der Waals surface area contributed by atoms with Crippen molar-refractivity contribution in [1.82, 2.24) is 19.7 Å². The summed E-state index contributed by atoms with van der Waals surface area (Å²) in [5, 5.41) is 4.22. The van der Waals surface area contributed by atoms with Gasteiger partial charge in [0, 0.05) is 30.3 Å². The van der Waals surface area contributed by atoms with Crippen LogP contribution >= 0.6 is 0 Å². The highest BCUT2D eigenvalue weighted by Gasteiger charge is 2.15. The van der Waals surface area contributed by atoms with E-state index in [1.54, 1.807) is 6.07 Å². The van der Waals surface area contributed by atoms with Gasteiger partial charge < -0.3 is 0 Å². The molecule has 0 aliphatic rings. The molecule has 0 atom stereocenters. The van der Waals surface area contributed by atoms with Gasteiger partial charge in [0.25, 0.3) is 0 Å². The van der Waals surface area contributed by atoms with E-state index >= 15 is 0 Å². The molecule has 102 valence electrons. The molecule has 6 nitrogen and oxygen atoms in total. The Morgan fingerprint density at radius 1 is 1.32 bits per heavy atom. The van der Waals surface area contributed by atoms with Crippen LogP contribution in [0.15, 0.2) is 23.6 Å². The van der Waals surface area contributed by atoms with Crippen LogP contribution in [0.1, 0.15) is 25.6 Å². The molecular formula is C12H16N4O2S. The molecule has 0 fully saturated rings. The van der Waals surface area contributed by atoms with Crippen LogP contribution in [0.3, 0.4) is 0 Å². The second-order valence-electron chi connectivity index (χ2n) is 4.70. The Kier molecular flexibility index (Phi) is 3.40. The number of aromatic nitrogens is 4. The van der Waals surface area contributed by atoms with Gasteiger partial charge in [0.15, 0.2) is 0 Å². The highest BCUT2D eigenvalue weighted by atomic mass is 32.2. The van der Waals surface area contributed by atoms with E-state index in [0.29, 0.717) is 5.69 Å². The minimum Gasteiger partial charge on any atom is -0.269 e. The molecule has 0 amide bonds. The van der Waals surface area contributed by atoms with Crippen molar-refractivity contribution in [3.05, 3.63) is 24.2 Å². The highest BCUT2D eigenvalue weighted by molar-refractivity contribution is 7.90. The molecule has 2 rings (SSSR count).